The Balaban J connectivity index is 2.79. The molecule has 1 aromatic rings. The summed E-state index contributed by atoms with van der Waals surface area (Å²) in [6.07, 6.45) is 0.667. The molecule has 0 saturated carbocycles. The molecule has 3 heteroatoms. The van der Waals surface area contributed by atoms with Crippen molar-refractivity contribution in [1.82, 2.24) is 0 Å². The Kier molecular flexibility index (Phi) is 3.35. The molecule has 72 valence electrons. The highest BCUT2D eigenvalue weighted by Crippen LogP contribution is 2.18. The van der Waals surface area contributed by atoms with Gasteiger partial charge in [-0.25, -0.2) is 0 Å². The number of rotatable bonds is 3. The number of nitrogens with zero attached hydrogens (tertiary/aromatic N) is 3. The molecule has 0 saturated heterocycles. The summed E-state index contributed by atoms with van der Waals surface area (Å²) in [5.41, 5.74) is 0.0815. The van der Waals surface area contributed by atoms with E-state index in [2.05, 4.69) is 16.3 Å². The Bertz CT molecular complexity index is 351. The Labute approximate surface area is 84.1 Å². The smallest absolute Gasteiger partial charge is 0.164 e. The number of nitriles is 1. The molecule has 1 atom stereocenters. The topological polar surface area (TPSA) is 48.5 Å². The third-order valence-corrected chi connectivity index (χ3v) is 2.07. The number of benzene rings is 1. The van der Waals surface area contributed by atoms with Crippen LogP contribution in [0.2, 0.25) is 0 Å². The lowest BCUT2D eigenvalue weighted by Crippen LogP contribution is -2.16. The molecule has 0 radical (unpaired) electrons. The summed E-state index contributed by atoms with van der Waals surface area (Å²) in [7, 11) is 0. The van der Waals surface area contributed by atoms with Gasteiger partial charge in [0.15, 0.2) is 5.54 Å². The van der Waals surface area contributed by atoms with Gasteiger partial charge in [0.1, 0.15) is 0 Å². The molecule has 1 unspecified atom stereocenters. The molecular weight excluding hydrogens is 174 g/mol. The van der Waals surface area contributed by atoms with Gasteiger partial charge in [-0.3, -0.25) is 0 Å². The van der Waals surface area contributed by atoms with Crippen LogP contribution in [-0.4, -0.2) is 5.54 Å². The summed E-state index contributed by atoms with van der Waals surface area (Å²) < 4.78 is 0. The van der Waals surface area contributed by atoms with Crippen molar-refractivity contribution < 1.29 is 0 Å². The van der Waals surface area contributed by atoms with E-state index < -0.39 is 5.54 Å². The summed E-state index contributed by atoms with van der Waals surface area (Å²) in [6.45, 7) is 3.70. The highest BCUT2D eigenvalue weighted by molar-refractivity contribution is 5.34. The first-order valence-corrected chi connectivity index (χ1v) is 4.59. The largest absolute Gasteiger partial charge is 0.196 e. The third-order valence-electron chi connectivity index (χ3n) is 2.07. The van der Waals surface area contributed by atoms with E-state index in [-0.39, 0.29) is 0 Å². The molecule has 0 aliphatic heterocycles. The molecule has 0 heterocycles. The van der Waals surface area contributed by atoms with Crippen LogP contribution in [0.15, 0.2) is 40.6 Å². The zero-order valence-corrected chi connectivity index (χ0v) is 8.44. The van der Waals surface area contributed by atoms with Crippen molar-refractivity contribution in [1.29, 1.82) is 5.26 Å². The van der Waals surface area contributed by atoms with E-state index in [1.807, 2.05) is 37.3 Å². The monoisotopic (exact) mass is 187 g/mol. The maximum absolute atomic E-state index is 8.86. The lowest BCUT2D eigenvalue weighted by molar-refractivity contribution is 0.553. The summed E-state index contributed by atoms with van der Waals surface area (Å²) in [4.78, 5) is 0. The first-order chi connectivity index (χ1) is 6.70. The van der Waals surface area contributed by atoms with Crippen LogP contribution in [0.5, 0.6) is 0 Å². The van der Waals surface area contributed by atoms with Gasteiger partial charge in [0.2, 0.25) is 0 Å². The van der Waals surface area contributed by atoms with Crippen molar-refractivity contribution in [3.05, 3.63) is 30.3 Å². The first kappa shape index (κ1) is 10.4. The van der Waals surface area contributed by atoms with E-state index in [0.717, 1.165) is 5.69 Å². The van der Waals surface area contributed by atoms with Crippen LogP contribution < -0.4 is 0 Å². The fourth-order valence-electron chi connectivity index (χ4n) is 0.835. The van der Waals surface area contributed by atoms with E-state index in [9.17, 15) is 0 Å². The third kappa shape index (κ3) is 2.67. The van der Waals surface area contributed by atoms with E-state index in [1.165, 1.54) is 0 Å². The van der Waals surface area contributed by atoms with E-state index in [1.54, 1.807) is 6.92 Å². The maximum Gasteiger partial charge on any atom is 0.164 e. The second-order valence-corrected chi connectivity index (χ2v) is 3.27. The maximum atomic E-state index is 8.86. The van der Waals surface area contributed by atoms with Crippen LogP contribution in [0.3, 0.4) is 0 Å². The van der Waals surface area contributed by atoms with Gasteiger partial charge in [-0.05, 0) is 25.5 Å². The summed E-state index contributed by atoms with van der Waals surface area (Å²) in [6, 6.07) is 11.6. The van der Waals surface area contributed by atoms with Gasteiger partial charge >= 0.3 is 0 Å². The predicted molar refractivity (Wildman–Crippen MR) is 55.3 cm³/mol. The molecule has 14 heavy (non-hydrogen) atoms. The fourth-order valence-corrected chi connectivity index (χ4v) is 0.835. The van der Waals surface area contributed by atoms with Gasteiger partial charge in [0, 0.05) is 0 Å². The van der Waals surface area contributed by atoms with Gasteiger partial charge in [-0.15, -0.1) is 0 Å². The first-order valence-electron chi connectivity index (χ1n) is 4.59. The second-order valence-electron chi connectivity index (χ2n) is 3.27. The van der Waals surface area contributed by atoms with Crippen LogP contribution in [0.25, 0.3) is 0 Å². The van der Waals surface area contributed by atoms with E-state index in [0.29, 0.717) is 6.42 Å². The average molecular weight is 187 g/mol. The Hall–Kier alpha value is -1.69. The van der Waals surface area contributed by atoms with Gasteiger partial charge in [-0.2, -0.15) is 15.5 Å². The molecule has 0 amide bonds. The molecule has 1 aromatic carbocycles. The molecule has 0 aliphatic carbocycles. The van der Waals surface area contributed by atoms with Crippen LogP contribution in [0.4, 0.5) is 5.69 Å². The average Bonchev–Trinajstić information content (AvgIpc) is 2.27. The standard InChI is InChI=1S/C11H13N3/c1-3-11(2,9-12)14-13-10-7-5-4-6-8-10/h4-8H,3H2,1-2H3. The van der Waals surface area contributed by atoms with Gasteiger partial charge < -0.3 is 0 Å². The van der Waals surface area contributed by atoms with Crippen LogP contribution in [-0.2, 0) is 0 Å². The zero-order chi connectivity index (χ0) is 10.4. The van der Waals surface area contributed by atoms with Crippen LogP contribution >= 0.6 is 0 Å². The Morgan fingerprint density at radius 2 is 2.00 bits per heavy atom. The minimum Gasteiger partial charge on any atom is -0.196 e. The highest BCUT2D eigenvalue weighted by Gasteiger charge is 2.19. The van der Waals surface area contributed by atoms with Crippen LogP contribution in [0, 0.1) is 11.3 Å². The van der Waals surface area contributed by atoms with Crippen molar-refractivity contribution in [3.8, 4) is 6.07 Å². The Morgan fingerprint density at radius 1 is 1.36 bits per heavy atom. The van der Waals surface area contributed by atoms with Gasteiger partial charge in [0.05, 0.1) is 11.8 Å². The van der Waals surface area contributed by atoms with Gasteiger partial charge in [-0.1, -0.05) is 25.1 Å². The molecule has 0 N–H and O–H groups in total. The number of hydrogen-bond acceptors (Lipinski definition) is 3. The molecule has 3 nitrogen and oxygen atoms in total. The number of hydrogen-bond donors (Lipinski definition) is 0. The van der Waals surface area contributed by atoms with Gasteiger partial charge in [0.25, 0.3) is 0 Å². The van der Waals surface area contributed by atoms with Crippen LogP contribution in [0.1, 0.15) is 20.3 Å². The lowest BCUT2D eigenvalue weighted by atomic mass is 10.0. The molecule has 0 bridgehead atoms. The summed E-state index contributed by atoms with van der Waals surface area (Å²) in [5.74, 6) is 0. The molecule has 0 aromatic heterocycles. The van der Waals surface area contributed by atoms with Crippen molar-refractivity contribution in [2.45, 2.75) is 25.8 Å². The van der Waals surface area contributed by atoms with E-state index in [4.69, 9.17) is 5.26 Å². The lowest BCUT2D eigenvalue weighted by Gasteiger charge is -2.10. The molecule has 0 fully saturated rings. The Morgan fingerprint density at radius 3 is 2.50 bits per heavy atom. The normalized spacial score (nSPS) is 14.9. The highest BCUT2D eigenvalue weighted by atomic mass is 15.1. The van der Waals surface area contributed by atoms with Crippen molar-refractivity contribution in [3.63, 3.8) is 0 Å². The zero-order valence-electron chi connectivity index (χ0n) is 8.44. The molecular formula is C11H13N3. The summed E-state index contributed by atoms with van der Waals surface area (Å²) >= 11 is 0. The minimum atomic E-state index is -0.699. The van der Waals surface area contributed by atoms with Crippen molar-refractivity contribution in [2.75, 3.05) is 0 Å². The molecule has 1 rings (SSSR count). The number of azo groups is 1. The minimum absolute atomic E-state index is 0.667. The fraction of sp³-hybridized carbons (Fsp3) is 0.364. The SMILES string of the molecule is CCC(C)(C#N)N=Nc1ccccc1. The molecule has 0 aliphatic rings. The van der Waals surface area contributed by atoms with Crippen molar-refractivity contribution >= 4 is 5.69 Å². The van der Waals surface area contributed by atoms with Crippen molar-refractivity contribution in [2.24, 2.45) is 10.2 Å². The second kappa shape index (κ2) is 4.52. The predicted octanol–water partition coefficient (Wildman–Crippen LogP) is 3.46. The molecule has 0 spiro atoms. The quantitative estimate of drug-likeness (QED) is 0.668. The summed E-state index contributed by atoms with van der Waals surface area (Å²) in [5, 5.41) is 16.9. The van der Waals surface area contributed by atoms with E-state index >= 15 is 0 Å².